The average molecular weight is 266 g/mol. The van der Waals surface area contributed by atoms with Crippen LogP contribution >= 0.6 is 11.3 Å². The summed E-state index contributed by atoms with van der Waals surface area (Å²) in [5, 5.41) is 7.40. The van der Waals surface area contributed by atoms with Gasteiger partial charge in [0.05, 0.1) is 12.8 Å². The minimum Gasteiger partial charge on any atom is -0.441 e. The maximum atomic E-state index is 5.70. The van der Waals surface area contributed by atoms with E-state index in [9.17, 15) is 0 Å². The van der Waals surface area contributed by atoms with Crippen LogP contribution in [0.5, 0.6) is 0 Å². The van der Waals surface area contributed by atoms with Crippen molar-refractivity contribution in [2.24, 2.45) is 0 Å². The topological polar surface area (TPSA) is 47.3 Å². The minimum absolute atomic E-state index is 0.751. The quantitative estimate of drug-likeness (QED) is 0.746. The van der Waals surface area contributed by atoms with Gasteiger partial charge >= 0.3 is 0 Å². The number of oxazole rings is 1. The second-order valence-electron chi connectivity index (χ2n) is 3.98. The van der Waals surface area contributed by atoms with Crippen LogP contribution in [0.3, 0.4) is 0 Å². The van der Waals surface area contributed by atoms with E-state index < -0.39 is 0 Å². The van der Waals surface area contributed by atoms with Gasteiger partial charge in [-0.25, -0.2) is 4.98 Å². The summed E-state index contributed by atoms with van der Waals surface area (Å²) in [6, 6.07) is 2.04. The zero-order chi connectivity index (χ0) is 12.6. The molecule has 98 valence electrons. The Kier molecular flexibility index (Phi) is 5.38. The van der Waals surface area contributed by atoms with Crippen LogP contribution in [0.15, 0.2) is 27.4 Å². The highest BCUT2D eigenvalue weighted by Crippen LogP contribution is 2.22. The van der Waals surface area contributed by atoms with Gasteiger partial charge in [0.15, 0.2) is 11.7 Å². The number of thiophene rings is 1. The van der Waals surface area contributed by atoms with E-state index in [0.717, 1.165) is 49.8 Å². The van der Waals surface area contributed by atoms with Crippen LogP contribution < -0.4 is 5.32 Å². The maximum Gasteiger partial charge on any atom is 0.194 e. The zero-order valence-corrected chi connectivity index (χ0v) is 11.3. The van der Waals surface area contributed by atoms with Gasteiger partial charge in [-0.1, -0.05) is 0 Å². The molecule has 0 radical (unpaired) electrons. The molecule has 2 rings (SSSR count). The van der Waals surface area contributed by atoms with Gasteiger partial charge < -0.3 is 14.5 Å². The number of rotatable bonds is 8. The molecular weight excluding hydrogens is 248 g/mol. The monoisotopic (exact) mass is 266 g/mol. The fraction of sp³-hybridized carbons (Fsp3) is 0.462. The van der Waals surface area contributed by atoms with Crippen LogP contribution in [0.1, 0.15) is 12.3 Å². The number of nitrogens with zero attached hydrogens (tertiary/aromatic N) is 1. The summed E-state index contributed by atoms with van der Waals surface area (Å²) < 4.78 is 10.7. The molecule has 2 aromatic heterocycles. The van der Waals surface area contributed by atoms with E-state index in [1.54, 1.807) is 24.6 Å². The molecule has 0 aromatic carbocycles. The van der Waals surface area contributed by atoms with Crippen molar-refractivity contribution in [3.05, 3.63) is 28.9 Å². The summed E-state index contributed by atoms with van der Waals surface area (Å²) in [7, 11) is 1.71. The van der Waals surface area contributed by atoms with Crippen LogP contribution in [-0.2, 0) is 11.2 Å². The van der Waals surface area contributed by atoms with Crippen molar-refractivity contribution in [2.45, 2.75) is 12.8 Å². The normalized spacial score (nSPS) is 10.9. The van der Waals surface area contributed by atoms with Gasteiger partial charge in [-0.05, 0) is 24.4 Å². The molecule has 2 heterocycles. The second kappa shape index (κ2) is 7.31. The molecule has 4 nitrogen and oxygen atoms in total. The number of hydrogen-bond acceptors (Lipinski definition) is 5. The van der Waals surface area contributed by atoms with Gasteiger partial charge in [0, 0.05) is 31.0 Å². The number of ether oxygens (including phenoxy) is 1. The number of nitrogens with one attached hydrogen (secondary N) is 1. The Morgan fingerprint density at radius 1 is 1.44 bits per heavy atom. The van der Waals surface area contributed by atoms with E-state index in [2.05, 4.69) is 15.7 Å². The molecule has 0 fully saturated rings. The Hall–Kier alpha value is -1.17. The highest BCUT2D eigenvalue weighted by Gasteiger charge is 2.06. The fourth-order valence-electron chi connectivity index (χ4n) is 1.63. The lowest BCUT2D eigenvalue weighted by Gasteiger charge is -2.01. The Labute approximate surface area is 111 Å². The first-order valence-electron chi connectivity index (χ1n) is 6.07. The van der Waals surface area contributed by atoms with Gasteiger partial charge in [-0.3, -0.25) is 0 Å². The minimum atomic E-state index is 0.751. The molecule has 0 bridgehead atoms. The summed E-state index contributed by atoms with van der Waals surface area (Å²) in [4.78, 5) is 4.29. The molecule has 0 amide bonds. The highest BCUT2D eigenvalue weighted by molar-refractivity contribution is 7.08. The van der Waals surface area contributed by atoms with Crippen molar-refractivity contribution in [3.63, 3.8) is 0 Å². The van der Waals surface area contributed by atoms with Gasteiger partial charge in [-0.15, -0.1) is 0 Å². The van der Waals surface area contributed by atoms with Crippen LogP contribution in [0.2, 0.25) is 0 Å². The fourth-order valence-corrected chi connectivity index (χ4v) is 2.27. The predicted octanol–water partition coefficient (Wildman–Crippen LogP) is 2.57. The third kappa shape index (κ3) is 3.94. The first-order chi connectivity index (χ1) is 8.90. The summed E-state index contributed by atoms with van der Waals surface area (Å²) in [6.07, 6.45) is 3.69. The van der Waals surface area contributed by atoms with Crippen molar-refractivity contribution in [2.75, 3.05) is 26.8 Å². The predicted molar refractivity (Wildman–Crippen MR) is 72.9 cm³/mol. The summed E-state index contributed by atoms with van der Waals surface area (Å²) in [5.74, 6) is 1.67. The molecule has 18 heavy (non-hydrogen) atoms. The molecule has 0 atom stereocenters. The first-order valence-corrected chi connectivity index (χ1v) is 7.01. The number of methoxy groups -OCH3 is 1. The van der Waals surface area contributed by atoms with E-state index in [0.29, 0.717) is 0 Å². The zero-order valence-electron chi connectivity index (χ0n) is 10.5. The molecule has 5 heteroatoms. The van der Waals surface area contributed by atoms with Crippen molar-refractivity contribution in [1.29, 1.82) is 0 Å². The molecule has 0 aliphatic heterocycles. The van der Waals surface area contributed by atoms with Crippen molar-refractivity contribution >= 4 is 11.3 Å². The Morgan fingerprint density at radius 2 is 2.39 bits per heavy atom. The highest BCUT2D eigenvalue weighted by atomic mass is 32.1. The number of aryl methyl sites for hydroxylation is 1. The lowest BCUT2D eigenvalue weighted by atomic mass is 10.3. The Morgan fingerprint density at radius 3 is 3.17 bits per heavy atom. The largest absolute Gasteiger partial charge is 0.441 e. The summed E-state index contributed by atoms with van der Waals surface area (Å²) >= 11 is 1.66. The molecule has 0 spiro atoms. The van der Waals surface area contributed by atoms with Crippen LogP contribution in [0.4, 0.5) is 0 Å². The van der Waals surface area contributed by atoms with E-state index >= 15 is 0 Å². The molecule has 0 aliphatic carbocycles. The average Bonchev–Trinajstić information content (AvgIpc) is 3.03. The molecule has 1 N–H and O–H groups in total. The Balaban J connectivity index is 1.71. The van der Waals surface area contributed by atoms with Crippen molar-refractivity contribution in [3.8, 4) is 11.3 Å². The molecule has 0 aliphatic rings. The SMILES string of the molecule is COCCNCCCc1ncc(-c2ccsc2)o1. The molecule has 0 saturated carbocycles. The third-order valence-corrected chi connectivity index (χ3v) is 3.27. The van der Waals surface area contributed by atoms with E-state index in [1.807, 2.05) is 11.4 Å². The summed E-state index contributed by atoms with van der Waals surface area (Å²) in [5.41, 5.74) is 1.11. The molecule has 0 saturated heterocycles. The number of hydrogen-bond donors (Lipinski definition) is 1. The Bertz CT molecular complexity index is 440. The summed E-state index contributed by atoms with van der Waals surface area (Å²) in [6.45, 7) is 2.60. The smallest absolute Gasteiger partial charge is 0.194 e. The van der Waals surface area contributed by atoms with Crippen molar-refractivity contribution < 1.29 is 9.15 Å². The number of aromatic nitrogens is 1. The lowest BCUT2D eigenvalue weighted by Crippen LogP contribution is -2.20. The van der Waals surface area contributed by atoms with Crippen LogP contribution in [0.25, 0.3) is 11.3 Å². The standard InChI is InChI=1S/C13H18N2O2S/c1-16-7-6-14-5-2-3-13-15-9-12(17-13)11-4-8-18-10-11/h4,8-10,14H,2-3,5-7H2,1H3. The van der Waals surface area contributed by atoms with E-state index in [1.165, 1.54) is 0 Å². The van der Waals surface area contributed by atoms with Crippen molar-refractivity contribution in [1.82, 2.24) is 10.3 Å². The lowest BCUT2D eigenvalue weighted by molar-refractivity contribution is 0.199. The van der Waals surface area contributed by atoms with Gasteiger partial charge in [0.1, 0.15) is 0 Å². The van der Waals surface area contributed by atoms with Crippen LogP contribution in [-0.4, -0.2) is 31.8 Å². The molecule has 0 unspecified atom stereocenters. The van der Waals surface area contributed by atoms with Gasteiger partial charge in [-0.2, -0.15) is 11.3 Å². The van der Waals surface area contributed by atoms with E-state index in [4.69, 9.17) is 9.15 Å². The molecular formula is C13H18N2O2S. The first kappa shape index (κ1) is 13.3. The van der Waals surface area contributed by atoms with Crippen LogP contribution in [0, 0.1) is 0 Å². The maximum absolute atomic E-state index is 5.70. The van der Waals surface area contributed by atoms with E-state index in [-0.39, 0.29) is 0 Å². The van der Waals surface area contributed by atoms with Gasteiger partial charge in [0.2, 0.25) is 0 Å². The molecule has 2 aromatic rings. The second-order valence-corrected chi connectivity index (χ2v) is 4.76. The van der Waals surface area contributed by atoms with Gasteiger partial charge in [0.25, 0.3) is 0 Å². The third-order valence-electron chi connectivity index (χ3n) is 2.59.